The first-order valence-electron chi connectivity index (χ1n) is 7.56. The van der Waals surface area contributed by atoms with E-state index in [1.165, 1.54) is 6.26 Å². The predicted molar refractivity (Wildman–Crippen MR) is 85.5 cm³/mol. The van der Waals surface area contributed by atoms with Crippen molar-refractivity contribution >= 4 is 9.84 Å². The highest BCUT2D eigenvalue weighted by Crippen LogP contribution is 2.31. The van der Waals surface area contributed by atoms with E-state index in [0.717, 1.165) is 42.6 Å². The molecule has 4 nitrogen and oxygen atoms in total. The van der Waals surface area contributed by atoms with Crippen molar-refractivity contribution in [3.05, 3.63) is 29.3 Å². The lowest BCUT2D eigenvalue weighted by Gasteiger charge is -2.29. The fourth-order valence-corrected chi connectivity index (χ4v) is 4.16. The first-order chi connectivity index (χ1) is 9.91. The average Bonchev–Trinajstić information content (AvgIpc) is 2.42. The van der Waals surface area contributed by atoms with Crippen LogP contribution in [-0.4, -0.2) is 32.6 Å². The van der Waals surface area contributed by atoms with Crippen molar-refractivity contribution in [1.29, 1.82) is 0 Å². The Labute approximate surface area is 127 Å². The van der Waals surface area contributed by atoms with Crippen LogP contribution in [0.2, 0.25) is 0 Å². The zero-order chi connectivity index (χ0) is 15.5. The Kier molecular flexibility index (Phi) is 5.27. The Hall–Kier alpha value is -1.07. The van der Waals surface area contributed by atoms with Gasteiger partial charge in [0.25, 0.3) is 0 Å². The van der Waals surface area contributed by atoms with E-state index < -0.39 is 9.84 Å². The van der Waals surface area contributed by atoms with Gasteiger partial charge < -0.3 is 10.5 Å². The zero-order valence-electron chi connectivity index (χ0n) is 12.8. The number of ether oxygens (including phenoxy) is 1. The molecular formula is C16H25NO3S. The second-order valence-corrected chi connectivity index (χ2v) is 8.29. The molecule has 1 saturated carbocycles. The van der Waals surface area contributed by atoms with Crippen molar-refractivity contribution in [1.82, 2.24) is 0 Å². The summed E-state index contributed by atoms with van der Waals surface area (Å²) < 4.78 is 29.7. The third-order valence-electron chi connectivity index (χ3n) is 4.18. The maximum absolute atomic E-state index is 11.7. The normalized spacial score (nSPS) is 23.0. The van der Waals surface area contributed by atoms with Crippen LogP contribution in [0.1, 0.15) is 36.8 Å². The number of hydrogen-bond acceptors (Lipinski definition) is 4. The van der Waals surface area contributed by atoms with Gasteiger partial charge in [-0.3, -0.25) is 0 Å². The molecule has 118 valence electrons. The Bertz CT molecular complexity index is 583. The van der Waals surface area contributed by atoms with Gasteiger partial charge in [-0.05, 0) is 50.3 Å². The maximum Gasteiger partial charge on any atom is 0.150 e. The predicted octanol–water partition coefficient (Wildman–Crippen LogP) is 2.23. The number of aryl methyl sites for hydroxylation is 1. The Morgan fingerprint density at radius 1 is 1.33 bits per heavy atom. The first-order valence-corrected chi connectivity index (χ1v) is 9.51. The first kappa shape index (κ1) is 16.3. The second kappa shape index (κ2) is 6.79. The largest absolute Gasteiger partial charge is 0.490 e. The smallest absolute Gasteiger partial charge is 0.150 e. The van der Waals surface area contributed by atoms with Crippen molar-refractivity contribution < 1.29 is 13.2 Å². The van der Waals surface area contributed by atoms with E-state index >= 15 is 0 Å². The quantitative estimate of drug-likeness (QED) is 0.905. The van der Waals surface area contributed by atoms with E-state index in [4.69, 9.17) is 10.5 Å². The molecule has 2 unspecified atom stereocenters. The molecule has 21 heavy (non-hydrogen) atoms. The summed E-state index contributed by atoms with van der Waals surface area (Å²) in [4.78, 5) is 0. The van der Waals surface area contributed by atoms with Crippen LogP contribution >= 0.6 is 0 Å². The monoisotopic (exact) mass is 311 g/mol. The van der Waals surface area contributed by atoms with Crippen LogP contribution in [0.25, 0.3) is 0 Å². The molecule has 2 rings (SSSR count). The molecule has 0 amide bonds. The van der Waals surface area contributed by atoms with Crippen molar-refractivity contribution in [2.24, 2.45) is 5.73 Å². The summed E-state index contributed by atoms with van der Waals surface area (Å²) in [5, 5.41) is -0.266. The molecule has 0 heterocycles. The van der Waals surface area contributed by atoms with E-state index in [1.54, 1.807) is 0 Å². The van der Waals surface area contributed by atoms with Crippen LogP contribution in [0.5, 0.6) is 5.75 Å². The SMILES string of the molecule is Cc1cccc(CCN)c1OC1CCCC(S(C)(=O)=O)C1. The maximum atomic E-state index is 11.7. The Balaban J connectivity index is 2.14. The summed E-state index contributed by atoms with van der Waals surface area (Å²) in [7, 11) is -2.98. The van der Waals surface area contributed by atoms with Gasteiger partial charge in [0.1, 0.15) is 15.6 Å². The van der Waals surface area contributed by atoms with Gasteiger partial charge in [-0.15, -0.1) is 0 Å². The fraction of sp³-hybridized carbons (Fsp3) is 0.625. The van der Waals surface area contributed by atoms with Crippen molar-refractivity contribution in [3.63, 3.8) is 0 Å². The number of sulfone groups is 1. The summed E-state index contributed by atoms with van der Waals surface area (Å²) in [6, 6.07) is 6.06. The number of rotatable bonds is 5. The van der Waals surface area contributed by atoms with Crippen molar-refractivity contribution in [3.8, 4) is 5.75 Å². The van der Waals surface area contributed by atoms with Crippen molar-refractivity contribution in [2.75, 3.05) is 12.8 Å². The summed E-state index contributed by atoms with van der Waals surface area (Å²) in [5.41, 5.74) is 7.85. The molecule has 1 aliphatic carbocycles. The molecule has 0 radical (unpaired) electrons. The lowest BCUT2D eigenvalue weighted by atomic mass is 9.96. The van der Waals surface area contributed by atoms with E-state index in [0.29, 0.717) is 13.0 Å². The van der Waals surface area contributed by atoms with Gasteiger partial charge >= 0.3 is 0 Å². The van der Waals surface area contributed by atoms with Gasteiger partial charge in [0.2, 0.25) is 0 Å². The lowest BCUT2D eigenvalue weighted by Crippen LogP contribution is -2.33. The second-order valence-electron chi connectivity index (χ2n) is 5.96. The van der Waals surface area contributed by atoms with E-state index in [2.05, 4.69) is 0 Å². The average molecular weight is 311 g/mol. The number of benzene rings is 1. The zero-order valence-corrected chi connectivity index (χ0v) is 13.7. The summed E-state index contributed by atoms with van der Waals surface area (Å²) >= 11 is 0. The minimum absolute atomic E-state index is 0.0175. The van der Waals surface area contributed by atoms with Gasteiger partial charge in [0.05, 0.1) is 11.4 Å². The highest BCUT2D eigenvalue weighted by Gasteiger charge is 2.30. The molecular weight excluding hydrogens is 286 g/mol. The number of nitrogens with two attached hydrogens (primary N) is 1. The van der Waals surface area contributed by atoms with E-state index in [1.807, 2.05) is 25.1 Å². The molecule has 2 atom stereocenters. The fourth-order valence-electron chi connectivity index (χ4n) is 3.00. The van der Waals surface area contributed by atoms with Gasteiger partial charge in [-0.25, -0.2) is 8.42 Å². The molecule has 0 saturated heterocycles. The molecule has 0 aromatic heterocycles. The molecule has 5 heteroatoms. The summed E-state index contributed by atoms with van der Waals surface area (Å²) in [5.74, 6) is 0.891. The van der Waals surface area contributed by atoms with Crippen LogP contribution in [-0.2, 0) is 16.3 Å². The Morgan fingerprint density at radius 3 is 2.76 bits per heavy atom. The molecule has 2 N–H and O–H groups in total. The minimum atomic E-state index is -2.98. The standard InChI is InChI=1S/C16H25NO3S/c1-12-5-3-6-13(9-10-17)16(12)20-14-7-4-8-15(11-14)21(2,18)19/h3,5-6,14-15H,4,7-11,17H2,1-2H3. The minimum Gasteiger partial charge on any atom is -0.490 e. The van der Waals surface area contributed by atoms with Crippen molar-refractivity contribution in [2.45, 2.75) is 50.4 Å². The van der Waals surface area contributed by atoms with Crippen LogP contribution in [0.3, 0.4) is 0 Å². The van der Waals surface area contributed by atoms with Crippen LogP contribution < -0.4 is 10.5 Å². The molecule has 0 spiro atoms. The molecule has 1 aromatic carbocycles. The third-order valence-corrected chi connectivity index (χ3v) is 5.81. The molecule has 1 aromatic rings. The Morgan fingerprint density at radius 2 is 2.10 bits per heavy atom. The topological polar surface area (TPSA) is 69.4 Å². The molecule has 0 aliphatic heterocycles. The highest BCUT2D eigenvalue weighted by atomic mass is 32.2. The van der Waals surface area contributed by atoms with Gasteiger partial charge in [0, 0.05) is 12.7 Å². The third kappa shape index (κ3) is 4.20. The van der Waals surface area contributed by atoms with Gasteiger partial charge in [-0.1, -0.05) is 18.2 Å². The number of hydrogen-bond donors (Lipinski definition) is 1. The van der Waals surface area contributed by atoms with Gasteiger partial charge in [-0.2, -0.15) is 0 Å². The van der Waals surface area contributed by atoms with Crippen LogP contribution in [0.15, 0.2) is 18.2 Å². The molecule has 1 fully saturated rings. The summed E-state index contributed by atoms with van der Waals surface area (Å²) in [6.07, 6.45) is 5.25. The number of para-hydroxylation sites is 1. The van der Waals surface area contributed by atoms with E-state index in [-0.39, 0.29) is 11.4 Å². The summed E-state index contributed by atoms with van der Waals surface area (Å²) in [6.45, 7) is 2.60. The van der Waals surface area contributed by atoms with Gasteiger partial charge in [0.15, 0.2) is 0 Å². The highest BCUT2D eigenvalue weighted by molar-refractivity contribution is 7.91. The van der Waals surface area contributed by atoms with Crippen LogP contribution in [0, 0.1) is 6.92 Å². The molecule has 0 bridgehead atoms. The lowest BCUT2D eigenvalue weighted by molar-refractivity contribution is 0.154. The molecule has 1 aliphatic rings. The van der Waals surface area contributed by atoms with Crippen LogP contribution in [0.4, 0.5) is 0 Å². The van der Waals surface area contributed by atoms with E-state index in [9.17, 15) is 8.42 Å².